The Morgan fingerprint density at radius 1 is 1.30 bits per heavy atom. The summed E-state index contributed by atoms with van der Waals surface area (Å²) in [5, 5.41) is 2.96. The van der Waals surface area contributed by atoms with Crippen LogP contribution in [0.5, 0.6) is 0 Å². The lowest BCUT2D eigenvalue weighted by molar-refractivity contribution is 0.210. The lowest BCUT2D eigenvalue weighted by atomic mass is 10.1. The molecule has 0 fully saturated rings. The molecule has 1 aromatic carbocycles. The molecule has 2 heterocycles. The molecule has 2 N–H and O–H groups in total. The van der Waals surface area contributed by atoms with Crippen molar-refractivity contribution >= 4 is 21.7 Å². The van der Waals surface area contributed by atoms with Gasteiger partial charge in [0.2, 0.25) is 10.0 Å². The quantitative estimate of drug-likeness (QED) is 0.814. The first-order valence-electron chi connectivity index (χ1n) is 8.98. The number of urea groups is 1. The Morgan fingerprint density at radius 2 is 2.11 bits per heavy atom. The summed E-state index contributed by atoms with van der Waals surface area (Å²) >= 11 is 0. The van der Waals surface area contributed by atoms with Crippen LogP contribution in [0.4, 0.5) is 10.5 Å². The first-order chi connectivity index (χ1) is 12.9. The van der Waals surface area contributed by atoms with E-state index in [4.69, 9.17) is 0 Å². The van der Waals surface area contributed by atoms with Gasteiger partial charge in [-0.25, -0.2) is 22.9 Å². The number of fused-ring (bicyclic) bond motifs is 1. The molecule has 0 bridgehead atoms. The van der Waals surface area contributed by atoms with Gasteiger partial charge in [0.1, 0.15) is 0 Å². The summed E-state index contributed by atoms with van der Waals surface area (Å²) in [4.78, 5) is 18.8. The van der Waals surface area contributed by atoms with Gasteiger partial charge in [-0.1, -0.05) is 19.1 Å². The van der Waals surface area contributed by atoms with E-state index in [2.05, 4.69) is 21.9 Å². The van der Waals surface area contributed by atoms with Crippen LogP contribution in [0.1, 0.15) is 30.3 Å². The Balaban J connectivity index is 1.73. The van der Waals surface area contributed by atoms with Crippen LogP contribution in [-0.4, -0.2) is 41.7 Å². The van der Waals surface area contributed by atoms with E-state index in [1.54, 1.807) is 11.2 Å². The van der Waals surface area contributed by atoms with E-state index in [1.165, 1.54) is 0 Å². The molecule has 0 aliphatic carbocycles. The van der Waals surface area contributed by atoms with Crippen molar-refractivity contribution in [3.8, 4) is 0 Å². The van der Waals surface area contributed by atoms with E-state index in [9.17, 15) is 13.2 Å². The SMILES string of the molecule is CCc1cccc(NC(=O)N2CCCn3cnc(CNS(C)(=O)=O)c3C2)c1. The highest BCUT2D eigenvalue weighted by molar-refractivity contribution is 7.88. The summed E-state index contributed by atoms with van der Waals surface area (Å²) in [6.45, 7) is 3.95. The van der Waals surface area contributed by atoms with Crippen LogP contribution < -0.4 is 10.0 Å². The third kappa shape index (κ3) is 5.08. The van der Waals surface area contributed by atoms with Crippen molar-refractivity contribution in [3.63, 3.8) is 0 Å². The molecule has 27 heavy (non-hydrogen) atoms. The van der Waals surface area contributed by atoms with Gasteiger partial charge in [0.15, 0.2) is 0 Å². The molecule has 3 rings (SSSR count). The summed E-state index contributed by atoms with van der Waals surface area (Å²) in [6.07, 6.45) is 4.54. The number of nitrogens with zero attached hydrogens (tertiary/aromatic N) is 3. The second-order valence-electron chi connectivity index (χ2n) is 6.68. The summed E-state index contributed by atoms with van der Waals surface area (Å²) in [5.41, 5.74) is 3.45. The first kappa shape index (κ1) is 19.4. The molecule has 0 spiro atoms. The van der Waals surface area contributed by atoms with Gasteiger partial charge in [0.25, 0.3) is 0 Å². The van der Waals surface area contributed by atoms with Crippen molar-refractivity contribution in [3.05, 3.63) is 47.5 Å². The molecule has 146 valence electrons. The molecule has 1 aliphatic rings. The number of amides is 2. The molecule has 1 aliphatic heterocycles. The van der Waals surface area contributed by atoms with Crippen LogP contribution in [0, 0.1) is 0 Å². The minimum atomic E-state index is -3.31. The van der Waals surface area contributed by atoms with Gasteiger partial charge < -0.3 is 14.8 Å². The lowest BCUT2D eigenvalue weighted by Crippen LogP contribution is -2.35. The molecule has 0 saturated heterocycles. The largest absolute Gasteiger partial charge is 0.333 e. The maximum Gasteiger partial charge on any atom is 0.322 e. The number of sulfonamides is 1. The Bertz CT molecular complexity index is 923. The number of nitrogens with one attached hydrogen (secondary N) is 2. The second-order valence-corrected chi connectivity index (χ2v) is 8.52. The molecule has 0 saturated carbocycles. The molecule has 9 heteroatoms. The topological polar surface area (TPSA) is 96.3 Å². The van der Waals surface area contributed by atoms with Gasteiger partial charge in [-0.3, -0.25) is 0 Å². The van der Waals surface area contributed by atoms with Crippen LogP contribution >= 0.6 is 0 Å². The summed E-state index contributed by atoms with van der Waals surface area (Å²) < 4.78 is 27.2. The zero-order valence-electron chi connectivity index (χ0n) is 15.6. The number of benzene rings is 1. The zero-order valence-corrected chi connectivity index (χ0v) is 16.4. The highest BCUT2D eigenvalue weighted by Crippen LogP contribution is 2.18. The van der Waals surface area contributed by atoms with E-state index >= 15 is 0 Å². The highest BCUT2D eigenvalue weighted by atomic mass is 32.2. The smallest absolute Gasteiger partial charge is 0.322 e. The average molecular weight is 391 g/mol. The lowest BCUT2D eigenvalue weighted by Gasteiger charge is -2.21. The molecule has 1 aromatic heterocycles. The van der Waals surface area contributed by atoms with Gasteiger partial charge in [0, 0.05) is 18.8 Å². The van der Waals surface area contributed by atoms with Gasteiger partial charge >= 0.3 is 6.03 Å². The fraction of sp³-hybridized carbons (Fsp3) is 0.444. The van der Waals surface area contributed by atoms with Gasteiger partial charge in [-0.15, -0.1) is 0 Å². The van der Waals surface area contributed by atoms with Crippen LogP contribution in [0.25, 0.3) is 0 Å². The molecular formula is C18H25N5O3S. The van der Waals surface area contributed by atoms with Crippen molar-refractivity contribution in [2.24, 2.45) is 0 Å². The van der Waals surface area contributed by atoms with E-state index < -0.39 is 10.0 Å². The third-order valence-electron chi connectivity index (χ3n) is 4.58. The first-order valence-corrected chi connectivity index (χ1v) is 10.9. The van der Waals surface area contributed by atoms with Gasteiger partial charge in [0.05, 0.1) is 37.1 Å². The number of carbonyl (C=O) groups excluding carboxylic acids is 1. The number of aryl methyl sites for hydroxylation is 2. The van der Waals surface area contributed by atoms with Crippen LogP contribution in [0.2, 0.25) is 0 Å². The van der Waals surface area contributed by atoms with Crippen molar-refractivity contribution in [1.82, 2.24) is 19.2 Å². The van der Waals surface area contributed by atoms with E-state index in [0.29, 0.717) is 18.8 Å². The predicted molar refractivity (Wildman–Crippen MR) is 104 cm³/mol. The van der Waals surface area contributed by atoms with E-state index in [1.807, 2.05) is 28.8 Å². The number of hydrogen-bond donors (Lipinski definition) is 2. The number of imidazole rings is 1. The molecular weight excluding hydrogens is 366 g/mol. The number of rotatable bonds is 5. The maximum atomic E-state index is 12.8. The molecule has 2 aromatic rings. The Morgan fingerprint density at radius 3 is 2.85 bits per heavy atom. The minimum absolute atomic E-state index is 0.120. The molecule has 0 radical (unpaired) electrons. The van der Waals surface area contributed by atoms with Crippen LogP contribution in [0.3, 0.4) is 0 Å². The maximum absolute atomic E-state index is 12.8. The molecule has 2 amide bonds. The minimum Gasteiger partial charge on any atom is -0.333 e. The fourth-order valence-electron chi connectivity index (χ4n) is 3.11. The highest BCUT2D eigenvalue weighted by Gasteiger charge is 2.22. The Kier molecular flexibility index (Phi) is 5.81. The van der Waals surface area contributed by atoms with Crippen LogP contribution in [0.15, 0.2) is 30.6 Å². The summed E-state index contributed by atoms with van der Waals surface area (Å²) in [5.74, 6) is 0. The zero-order chi connectivity index (χ0) is 19.4. The van der Waals surface area contributed by atoms with Crippen LogP contribution in [-0.2, 0) is 36.1 Å². The third-order valence-corrected chi connectivity index (χ3v) is 5.24. The Labute approximate surface area is 159 Å². The van der Waals surface area contributed by atoms with E-state index in [-0.39, 0.29) is 12.6 Å². The molecule has 0 atom stereocenters. The number of carbonyl (C=O) groups is 1. The van der Waals surface area contributed by atoms with Crippen molar-refractivity contribution in [2.75, 3.05) is 18.1 Å². The summed E-state index contributed by atoms with van der Waals surface area (Å²) in [6, 6.07) is 7.64. The molecule has 0 unspecified atom stereocenters. The van der Waals surface area contributed by atoms with Crippen molar-refractivity contribution in [1.29, 1.82) is 0 Å². The molecule has 8 nitrogen and oxygen atoms in total. The average Bonchev–Trinajstić information content (AvgIpc) is 2.87. The number of anilines is 1. The van der Waals surface area contributed by atoms with Crippen molar-refractivity contribution < 1.29 is 13.2 Å². The van der Waals surface area contributed by atoms with Gasteiger partial charge in [-0.05, 0) is 30.5 Å². The Hall–Kier alpha value is -2.39. The summed E-state index contributed by atoms with van der Waals surface area (Å²) in [7, 11) is -3.31. The van der Waals surface area contributed by atoms with Crippen molar-refractivity contribution in [2.45, 2.75) is 39.4 Å². The number of hydrogen-bond acceptors (Lipinski definition) is 4. The van der Waals surface area contributed by atoms with Gasteiger partial charge in [-0.2, -0.15) is 0 Å². The normalized spacial score (nSPS) is 14.5. The predicted octanol–water partition coefficient (Wildman–Crippen LogP) is 1.93. The standard InChI is InChI=1S/C18H25N5O3S/c1-3-14-6-4-7-15(10-14)21-18(24)22-8-5-9-23-13-19-16(17(23)12-22)11-20-27(2,25)26/h4,6-7,10,13,20H,3,5,8-9,11-12H2,1-2H3,(H,21,24). The number of aromatic nitrogens is 2. The second kappa shape index (κ2) is 8.10. The monoisotopic (exact) mass is 391 g/mol. The van der Waals surface area contributed by atoms with E-state index in [0.717, 1.165) is 42.6 Å². The fourth-order valence-corrected chi connectivity index (χ4v) is 3.51.